The molecule has 9 heteroatoms. The maximum absolute atomic E-state index is 12.4. The lowest BCUT2D eigenvalue weighted by molar-refractivity contribution is -0.113. The number of amides is 2. The first kappa shape index (κ1) is 23.7. The summed E-state index contributed by atoms with van der Waals surface area (Å²) in [6, 6.07) is 13.0. The van der Waals surface area contributed by atoms with Crippen LogP contribution >= 0.6 is 23.1 Å². The summed E-state index contributed by atoms with van der Waals surface area (Å²) in [5.74, 6) is 0.0696. The number of anilines is 3. The number of thioether (sulfide) groups is 1. The van der Waals surface area contributed by atoms with Gasteiger partial charge in [0.05, 0.1) is 5.75 Å². The van der Waals surface area contributed by atoms with Crippen molar-refractivity contribution in [3.8, 4) is 0 Å². The molecule has 2 amide bonds. The number of nitrogens with one attached hydrogen (secondary N) is 2. The first-order valence-electron chi connectivity index (χ1n) is 10.4. The Kier molecular flexibility index (Phi) is 8.24. The Balaban J connectivity index is 1.51. The Morgan fingerprint density at radius 2 is 1.75 bits per heavy atom. The lowest BCUT2D eigenvalue weighted by Crippen LogP contribution is -2.30. The van der Waals surface area contributed by atoms with Crippen molar-refractivity contribution in [1.29, 1.82) is 0 Å². The second-order valence-corrected chi connectivity index (χ2v) is 9.34. The number of carbonyl (C=O) groups excluding carboxylic acids is 2. The molecule has 0 atom stereocenters. The first-order chi connectivity index (χ1) is 15.4. The minimum absolute atomic E-state index is 0.00928. The lowest BCUT2D eigenvalue weighted by Gasteiger charge is -2.18. The van der Waals surface area contributed by atoms with E-state index in [1.54, 1.807) is 29.2 Å². The zero-order valence-corrected chi connectivity index (χ0v) is 20.3. The summed E-state index contributed by atoms with van der Waals surface area (Å²) < 4.78 is 0.716. The Bertz CT molecular complexity index is 1080. The van der Waals surface area contributed by atoms with Crippen molar-refractivity contribution in [3.63, 3.8) is 0 Å². The monoisotopic (exact) mass is 469 g/mol. The second-order valence-electron chi connectivity index (χ2n) is 7.14. The number of aryl methyl sites for hydroxylation is 1. The molecule has 0 saturated heterocycles. The van der Waals surface area contributed by atoms with Crippen molar-refractivity contribution in [3.05, 3.63) is 59.2 Å². The van der Waals surface area contributed by atoms with Crippen molar-refractivity contribution in [1.82, 2.24) is 15.1 Å². The van der Waals surface area contributed by atoms with Crippen LogP contribution in [0.2, 0.25) is 0 Å². The smallest absolute Gasteiger partial charge is 0.253 e. The van der Waals surface area contributed by atoms with Crippen LogP contribution in [-0.2, 0) is 4.79 Å². The molecule has 0 aliphatic carbocycles. The van der Waals surface area contributed by atoms with Crippen LogP contribution in [0.15, 0.2) is 46.8 Å². The molecule has 3 rings (SSSR count). The van der Waals surface area contributed by atoms with Gasteiger partial charge < -0.3 is 15.5 Å². The average Bonchev–Trinajstić information content (AvgIpc) is 3.24. The fourth-order valence-electron chi connectivity index (χ4n) is 3.03. The van der Waals surface area contributed by atoms with E-state index in [4.69, 9.17) is 0 Å². The van der Waals surface area contributed by atoms with E-state index in [1.165, 1.54) is 34.2 Å². The van der Waals surface area contributed by atoms with Gasteiger partial charge in [-0.1, -0.05) is 35.2 Å². The second kappa shape index (κ2) is 11.1. The predicted molar refractivity (Wildman–Crippen MR) is 132 cm³/mol. The highest BCUT2D eigenvalue weighted by Crippen LogP contribution is 2.29. The molecule has 0 aliphatic rings. The van der Waals surface area contributed by atoms with Gasteiger partial charge >= 0.3 is 0 Å². The van der Waals surface area contributed by atoms with Gasteiger partial charge in [-0.25, -0.2) is 0 Å². The summed E-state index contributed by atoms with van der Waals surface area (Å²) in [6.45, 7) is 9.36. The van der Waals surface area contributed by atoms with E-state index >= 15 is 0 Å². The third kappa shape index (κ3) is 6.08. The minimum atomic E-state index is -0.142. The van der Waals surface area contributed by atoms with Gasteiger partial charge in [0.25, 0.3) is 5.91 Å². The van der Waals surface area contributed by atoms with E-state index in [0.29, 0.717) is 33.8 Å². The predicted octanol–water partition coefficient (Wildman–Crippen LogP) is 5.11. The van der Waals surface area contributed by atoms with Crippen LogP contribution < -0.4 is 10.6 Å². The maximum Gasteiger partial charge on any atom is 0.253 e. The zero-order chi connectivity index (χ0) is 23.1. The van der Waals surface area contributed by atoms with E-state index < -0.39 is 0 Å². The van der Waals surface area contributed by atoms with Crippen LogP contribution in [0.5, 0.6) is 0 Å². The topological polar surface area (TPSA) is 87.2 Å². The normalized spacial score (nSPS) is 10.6. The summed E-state index contributed by atoms with van der Waals surface area (Å²) in [5.41, 5.74) is 4.63. The van der Waals surface area contributed by atoms with Crippen LogP contribution in [0.4, 0.5) is 16.5 Å². The molecule has 7 nitrogen and oxygen atoms in total. The van der Waals surface area contributed by atoms with Crippen molar-refractivity contribution < 1.29 is 9.59 Å². The molecule has 0 radical (unpaired) electrons. The number of nitrogens with zero attached hydrogens (tertiary/aromatic N) is 3. The highest BCUT2D eigenvalue weighted by atomic mass is 32.2. The molecular formula is C23H27N5O2S2. The van der Waals surface area contributed by atoms with Gasteiger partial charge in [0, 0.05) is 30.0 Å². The average molecular weight is 470 g/mol. The summed E-state index contributed by atoms with van der Waals surface area (Å²) in [6.07, 6.45) is 0. The fourth-order valence-corrected chi connectivity index (χ4v) is 4.60. The molecule has 0 spiro atoms. The summed E-state index contributed by atoms with van der Waals surface area (Å²) in [5, 5.41) is 15.2. The number of aromatic nitrogens is 2. The van der Waals surface area contributed by atoms with Gasteiger partial charge in [0.15, 0.2) is 4.34 Å². The number of hydrogen-bond acceptors (Lipinski definition) is 7. The van der Waals surface area contributed by atoms with Gasteiger partial charge in [-0.15, -0.1) is 10.2 Å². The molecule has 2 aromatic carbocycles. The summed E-state index contributed by atoms with van der Waals surface area (Å²) in [7, 11) is 0. The molecule has 1 heterocycles. The standard InChI is InChI=1S/C23H27N5O2S2/c1-5-28(6-2)21(30)17-10-12-18(13-11-17)24-20(29)14-31-23-27-26-22(32-23)25-19-9-7-8-15(3)16(19)4/h7-13H,5-6,14H2,1-4H3,(H,24,29)(H,25,26). The van der Waals surface area contributed by atoms with Crippen molar-refractivity contribution >= 4 is 51.4 Å². The largest absolute Gasteiger partial charge is 0.339 e. The third-order valence-corrected chi connectivity index (χ3v) is 7.02. The quantitative estimate of drug-likeness (QED) is 0.424. The number of benzene rings is 2. The molecule has 0 aliphatic heterocycles. The van der Waals surface area contributed by atoms with E-state index in [0.717, 1.165) is 5.69 Å². The molecule has 0 bridgehead atoms. The van der Waals surface area contributed by atoms with Crippen LogP contribution in [0.25, 0.3) is 0 Å². The molecule has 3 aromatic rings. The highest BCUT2D eigenvalue weighted by Gasteiger charge is 2.13. The van der Waals surface area contributed by atoms with Gasteiger partial charge in [-0.05, 0) is 69.2 Å². The van der Waals surface area contributed by atoms with Crippen molar-refractivity contribution in [2.24, 2.45) is 0 Å². The maximum atomic E-state index is 12.4. The lowest BCUT2D eigenvalue weighted by atomic mass is 10.1. The number of carbonyl (C=O) groups is 2. The van der Waals surface area contributed by atoms with Crippen LogP contribution in [0.1, 0.15) is 35.3 Å². The Labute approximate surface area is 196 Å². The van der Waals surface area contributed by atoms with Crippen LogP contribution in [-0.4, -0.2) is 45.8 Å². The van der Waals surface area contributed by atoms with E-state index in [-0.39, 0.29) is 17.6 Å². The molecule has 2 N–H and O–H groups in total. The first-order valence-corrected chi connectivity index (χ1v) is 12.2. The Morgan fingerprint density at radius 1 is 1.03 bits per heavy atom. The van der Waals surface area contributed by atoms with Gasteiger partial charge in [-0.3, -0.25) is 9.59 Å². The highest BCUT2D eigenvalue weighted by molar-refractivity contribution is 8.01. The van der Waals surface area contributed by atoms with Crippen molar-refractivity contribution in [2.45, 2.75) is 32.0 Å². The zero-order valence-electron chi connectivity index (χ0n) is 18.6. The van der Waals surface area contributed by atoms with Crippen molar-refractivity contribution in [2.75, 3.05) is 29.5 Å². The van der Waals surface area contributed by atoms with E-state index in [1.807, 2.05) is 26.0 Å². The minimum Gasteiger partial charge on any atom is -0.339 e. The molecule has 0 saturated carbocycles. The van der Waals surface area contributed by atoms with Crippen LogP contribution in [0, 0.1) is 13.8 Å². The Hall–Kier alpha value is -2.91. The summed E-state index contributed by atoms with van der Waals surface area (Å²) in [4.78, 5) is 26.4. The molecule has 168 valence electrons. The van der Waals surface area contributed by atoms with Gasteiger partial charge in [-0.2, -0.15) is 0 Å². The molecule has 1 aromatic heterocycles. The number of hydrogen-bond donors (Lipinski definition) is 2. The van der Waals surface area contributed by atoms with E-state index in [9.17, 15) is 9.59 Å². The van der Waals surface area contributed by atoms with Gasteiger partial charge in [0.2, 0.25) is 11.0 Å². The van der Waals surface area contributed by atoms with Gasteiger partial charge in [0.1, 0.15) is 0 Å². The Morgan fingerprint density at radius 3 is 2.44 bits per heavy atom. The van der Waals surface area contributed by atoms with E-state index in [2.05, 4.69) is 40.7 Å². The fraction of sp³-hybridized carbons (Fsp3) is 0.304. The molecule has 0 fully saturated rings. The number of rotatable bonds is 9. The SMILES string of the molecule is CCN(CC)C(=O)c1ccc(NC(=O)CSc2nnc(Nc3cccc(C)c3C)s2)cc1. The van der Waals surface area contributed by atoms with Crippen LogP contribution in [0.3, 0.4) is 0 Å². The molecule has 0 unspecified atom stereocenters. The summed E-state index contributed by atoms with van der Waals surface area (Å²) >= 11 is 2.75. The third-order valence-electron chi connectivity index (χ3n) is 5.05. The molecular weight excluding hydrogens is 442 g/mol. The molecule has 32 heavy (non-hydrogen) atoms.